The molecule has 0 bridgehead atoms. The molecule has 0 saturated carbocycles. The number of nitrogens with one attached hydrogen (secondary N) is 1. The minimum absolute atomic E-state index is 0.191. The Morgan fingerprint density at radius 2 is 2.12 bits per heavy atom. The van der Waals surface area contributed by atoms with E-state index in [0.717, 1.165) is 0 Å². The number of aliphatic hydroxyl groups excluding tert-OH is 1. The number of carbonyl (C=O) groups is 2. The molecule has 7 heteroatoms. The van der Waals surface area contributed by atoms with E-state index in [-0.39, 0.29) is 17.1 Å². The first kappa shape index (κ1) is 13.3. The zero-order chi connectivity index (χ0) is 13.0. The summed E-state index contributed by atoms with van der Waals surface area (Å²) in [6.45, 7) is -0.269. The quantitative estimate of drug-likeness (QED) is 0.544. The highest BCUT2D eigenvalue weighted by Crippen LogP contribution is 2.18. The third-order valence-corrected chi connectivity index (χ3v) is 2.33. The molecular weight excluding hydrogens is 246 g/mol. The summed E-state index contributed by atoms with van der Waals surface area (Å²) in [5, 5.41) is 11.6. The minimum atomic E-state index is -1.42. The maximum absolute atomic E-state index is 11.6. The predicted octanol–water partition coefficient (Wildman–Crippen LogP) is -0.502. The molecule has 0 saturated heterocycles. The third-order valence-electron chi connectivity index (χ3n) is 2.02. The van der Waals surface area contributed by atoms with E-state index in [1.807, 2.05) is 0 Å². The second-order valence-electron chi connectivity index (χ2n) is 3.37. The first-order valence-corrected chi connectivity index (χ1v) is 5.10. The lowest BCUT2D eigenvalue weighted by Crippen LogP contribution is -2.40. The summed E-state index contributed by atoms with van der Waals surface area (Å²) < 4.78 is 0. The van der Waals surface area contributed by atoms with Gasteiger partial charge in [0.2, 0.25) is 5.91 Å². The number of hydrogen-bond donors (Lipinski definition) is 4. The van der Waals surface area contributed by atoms with Crippen LogP contribution in [0, 0.1) is 0 Å². The molecule has 2 amide bonds. The van der Waals surface area contributed by atoms with Gasteiger partial charge >= 0.3 is 0 Å². The molecule has 0 radical (unpaired) electrons. The Bertz CT molecular complexity index is 450. The molecule has 0 aliphatic heterocycles. The number of halogens is 1. The van der Waals surface area contributed by atoms with Crippen LogP contribution in [0.25, 0.3) is 0 Å². The van der Waals surface area contributed by atoms with Crippen LogP contribution in [0.5, 0.6) is 0 Å². The van der Waals surface area contributed by atoms with E-state index in [1.54, 1.807) is 0 Å². The lowest BCUT2D eigenvalue weighted by Gasteiger charge is -2.09. The molecule has 17 heavy (non-hydrogen) atoms. The van der Waals surface area contributed by atoms with Gasteiger partial charge in [0.05, 0.1) is 17.1 Å². The number of rotatable bonds is 4. The van der Waals surface area contributed by atoms with E-state index in [0.29, 0.717) is 5.69 Å². The van der Waals surface area contributed by atoms with Crippen LogP contribution in [0.3, 0.4) is 0 Å². The van der Waals surface area contributed by atoms with E-state index in [9.17, 15) is 9.59 Å². The summed E-state index contributed by atoms with van der Waals surface area (Å²) in [5.74, 6) is -1.43. The Kier molecular flexibility index (Phi) is 4.30. The smallest absolute Gasteiger partial charge is 0.252 e. The summed E-state index contributed by atoms with van der Waals surface area (Å²) >= 11 is 5.81. The van der Waals surface area contributed by atoms with Crippen molar-refractivity contribution in [2.75, 3.05) is 12.3 Å². The van der Waals surface area contributed by atoms with E-state index in [4.69, 9.17) is 28.2 Å². The Morgan fingerprint density at radius 1 is 1.47 bits per heavy atom. The summed E-state index contributed by atoms with van der Waals surface area (Å²) in [6.07, 6.45) is -1.42. The van der Waals surface area contributed by atoms with E-state index < -0.39 is 17.9 Å². The number of amides is 2. The number of anilines is 1. The zero-order valence-electron chi connectivity index (χ0n) is 8.81. The maximum Gasteiger partial charge on any atom is 0.252 e. The average Bonchev–Trinajstić information content (AvgIpc) is 2.25. The van der Waals surface area contributed by atoms with Crippen LogP contribution >= 0.6 is 11.6 Å². The molecule has 6 N–H and O–H groups in total. The van der Waals surface area contributed by atoms with Gasteiger partial charge in [-0.3, -0.25) is 9.59 Å². The largest absolute Gasteiger partial charge is 0.399 e. The average molecular weight is 258 g/mol. The van der Waals surface area contributed by atoms with Crippen molar-refractivity contribution in [1.29, 1.82) is 0 Å². The number of nitrogens with two attached hydrogens (primary N) is 2. The molecule has 0 fully saturated rings. The number of carbonyl (C=O) groups excluding carboxylic acids is 2. The molecule has 1 unspecified atom stereocenters. The lowest BCUT2D eigenvalue weighted by molar-refractivity contribution is -0.125. The summed E-state index contributed by atoms with van der Waals surface area (Å²) in [4.78, 5) is 22.1. The Balaban J connectivity index is 2.67. The first-order chi connectivity index (χ1) is 7.91. The van der Waals surface area contributed by atoms with Gasteiger partial charge in [-0.05, 0) is 18.2 Å². The molecule has 1 aromatic carbocycles. The van der Waals surface area contributed by atoms with Gasteiger partial charge in [-0.15, -0.1) is 0 Å². The molecule has 0 aromatic heterocycles. The van der Waals surface area contributed by atoms with Crippen molar-refractivity contribution in [3.8, 4) is 0 Å². The SMILES string of the molecule is NC(=O)C(O)CNC(=O)c1ccc(N)cc1Cl. The van der Waals surface area contributed by atoms with Gasteiger partial charge in [-0.25, -0.2) is 0 Å². The molecule has 0 aliphatic carbocycles. The topological polar surface area (TPSA) is 118 Å². The van der Waals surface area contributed by atoms with Gasteiger partial charge in [0.1, 0.15) is 6.10 Å². The highest BCUT2D eigenvalue weighted by molar-refractivity contribution is 6.34. The number of benzene rings is 1. The van der Waals surface area contributed by atoms with Crippen LogP contribution in [0.2, 0.25) is 5.02 Å². The summed E-state index contributed by atoms with van der Waals surface area (Å²) in [5.41, 5.74) is 10.9. The fourth-order valence-corrected chi connectivity index (χ4v) is 1.38. The van der Waals surface area contributed by atoms with E-state index in [1.165, 1.54) is 18.2 Å². The van der Waals surface area contributed by atoms with Gasteiger partial charge in [0.25, 0.3) is 5.91 Å². The van der Waals surface area contributed by atoms with Gasteiger partial charge in [0, 0.05) is 5.69 Å². The van der Waals surface area contributed by atoms with Crippen LogP contribution in [-0.4, -0.2) is 29.6 Å². The molecule has 1 rings (SSSR count). The van der Waals surface area contributed by atoms with Crippen LogP contribution in [0.15, 0.2) is 18.2 Å². The lowest BCUT2D eigenvalue weighted by atomic mass is 10.2. The first-order valence-electron chi connectivity index (χ1n) is 4.72. The summed E-state index contributed by atoms with van der Waals surface area (Å²) in [7, 11) is 0. The van der Waals surface area contributed by atoms with Gasteiger partial charge in [0.15, 0.2) is 0 Å². The van der Waals surface area contributed by atoms with Crippen molar-refractivity contribution in [2.45, 2.75) is 6.10 Å². The van der Waals surface area contributed by atoms with E-state index in [2.05, 4.69) is 5.32 Å². The predicted molar refractivity (Wildman–Crippen MR) is 63.4 cm³/mol. The van der Waals surface area contributed by atoms with Crippen molar-refractivity contribution in [2.24, 2.45) is 5.73 Å². The standard InChI is InChI=1S/C10H12ClN3O3/c11-7-3-5(12)1-2-6(7)10(17)14-4-8(15)9(13)16/h1-3,8,15H,4,12H2,(H2,13,16)(H,14,17). The van der Waals surface area contributed by atoms with E-state index >= 15 is 0 Å². The molecule has 0 aliphatic rings. The molecule has 1 atom stereocenters. The summed E-state index contributed by atoms with van der Waals surface area (Å²) in [6, 6.07) is 4.40. The number of nitrogen functional groups attached to an aromatic ring is 1. The van der Waals surface area contributed by atoms with Crippen LogP contribution in [-0.2, 0) is 4.79 Å². The number of aliphatic hydroxyl groups is 1. The van der Waals surface area contributed by atoms with Crippen LogP contribution in [0.4, 0.5) is 5.69 Å². The highest BCUT2D eigenvalue weighted by atomic mass is 35.5. The molecule has 92 valence electrons. The van der Waals surface area contributed by atoms with Crippen molar-refractivity contribution in [1.82, 2.24) is 5.32 Å². The minimum Gasteiger partial charge on any atom is -0.399 e. The molecule has 0 spiro atoms. The Labute approximate surface area is 103 Å². The fraction of sp³-hybridized carbons (Fsp3) is 0.200. The Hall–Kier alpha value is -1.79. The van der Waals surface area contributed by atoms with Crippen molar-refractivity contribution >= 4 is 29.1 Å². The molecule has 6 nitrogen and oxygen atoms in total. The van der Waals surface area contributed by atoms with Crippen LogP contribution < -0.4 is 16.8 Å². The molecular formula is C10H12ClN3O3. The van der Waals surface area contributed by atoms with Crippen LogP contribution in [0.1, 0.15) is 10.4 Å². The van der Waals surface area contributed by atoms with Crippen molar-refractivity contribution < 1.29 is 14.7 Å². The number of hydrogen-bond acceptors (Lipinski definition) is 4. The molecule has 0 heterocycles. The zero-order valence-corrected chi connectivity index (χ0v) is 9.57. The maximum atomic E-state index is 11.6. The second-order valence-corrected chi connectivity index (χ2v) is 3.77. The number of primary amides is 1. The second kappa shape index (κ2) is 5.51. The monoisotopic (exact) mass is 257 g/mol. The Morgan fingerprint density at radius 3 is 2.65 bits per heavy atom. The third kappa shape index (κ3) is 3.61. The van der Waals surface area contributed by atoms with Gasteiger partial charge in [-0.2, -0.15) is 0 Å². The normalized spacial score (nSPS) is 11.9. The van der Waals surface area contributed by atoms with Gasteiger partial charge < -0.3 is 21.9 Å². The van der Waals surface area contributed by atoms with Crippen molar-refractivity contribution in [3.63, 3.8) is 0 Å². The molecule has 1 aromatic rings. The fourth-order valence-electron chi connectivity index (χ4n) is 1.10. The highest BCUT2D eigenvalue weighted by Gasteiger charge is 2.14. The van der Waals surface area contributed by atoms with Gasteiger partial charge in [-0.1, -0.05) is 11.6 Å². The van der Waals surface area contributed by atoms with Crippen molar-refractivity contribution in [3.05, 3.63) is 28.8 Å².